The Bertz CT molecular complexity index is 508. The molecule has 2 aromatic rings. The summed E-state index contributed by atoms with van der Waals surface area (Å²) in [6.45, 7) is 0.563. The van der Waals surface area contributed by atoms with Crippen molar-refractivity contribution in [1.29, 1.82) is 0 Å². The Morgan fingerprint density at radius 1 is 1.47 bits per heavy atom. The highest BCUT2D eigenvalue weighted by Crippen LogP contribution is 2.28. The summed E-state index contributed by atoms with van der Waals surface area (Å²) in [6, 6.07) is 5.60. The van der Waals surface area contributed by atoms with Crippen LogP contribution in [0.25, 0.3) is 0 Å². The standard InChI is InChI=1S/C11H15N5O/c1-16-7-14-15-10(16)6-13-8-4-3-5-9(17-2)11(8)12/h3-5,7,13H,6,12H2,1-2H3. The maximum atomic E-state index is 5.94. The van der Waals surface area contributed by atoms with Crippen molar-refractivity contribution < 1.29 is 4.74 Å². The number of para-hydroxylation sites is 1. The van der Waals surface area contributed by atoms with E-state index in [9.17, 15) is 0 Å². The number of hydrogen-bond acceptors (Lipinski definition) is 5. The average molecular weight is 233 g/mol. The number of hydrogen-bond donors (Lipinski definition) is 2. The van der Waals surface area contributed by atoms with E-state index in [1.165, 1.54) is 0 Å². The number of nitrogen functional groups attached to an aromatic ring is 1. The van der Waals surface area contributed by atoms with Crippen LogP contribution in [-0.2, 0) is 13.6 Å². The van der Waals surface area contributed by atoms with Gasteiger partial charge in [0.15, 0.2) is 5.82 Å². The molecule has 1 aromatic carbocycles. The Hall–Kier alpha value is -2.24. The Kier molecular flexibility index (Phi) is 3.13. The lowest BCUT2D eigenvalue weighted by atomic mass is 10.2. The molecular formula is C11H15N5O. The molecule has 6 nitrogen and oxygen atoms in total. The number of nitrogens with zero attached hydrogens (tertiary/aromatic N) is 3. The lowest BCUT2D eigenvalue weighted by Gasteiger charge is -2.11. The molecule has 0 aliphatic rings. The van der Waals surface area contributed by atoms with Gasteiger partial charge in [0, 0.05) is 7.05 Å². The smallest absolute Gasteiger partial charge is 0.151 e. The number of ether oxygens (including phenoxy) is 1. The van der Waals surface area contributed by atoms with Gasteiger partial charge in [0.2, 0.25) is 0 Å². The summed E-state index contributed by atoms with van der Waals surface area (Å²) in [5, 5.41) is 11.0. The van der Waals surface area contributed by atoms with Gasteiger partial charge in [-0.1, -0.05) is 6.07 Å². The molecule has 0 bridgehead atoms. The van der Waals surface area contributed by atoms with Gasteiger partial charge in [0.1, 0.15) is 12.1 Å². The van der Waals surface area contributed by atoms with Crippen molar-refractivity contribution in [3.63, 3.8) is 0 Å². The minimum absolute atomic E-state index is 0.563. The summed E-state index contributed by atoms with van der Waals surface area (Å²) in [5.74, 6) is 1.50. The number of aryl methyl sites for hydroxylation is 1. The second kappa shape index (κ2) is 4.73. The number of methoxy groups -OCH3 is 1. The van der Waals surface area contributed by atoms with E-state index in [4.69, 9.17) is 10.5 Å². The van der Waals surface area contributed by atoms with E-state index in [1.807, 2.05) is 29.8 Å². The van der Waals surface area contributed by atoms with Crippen LogP contribution in [0.2, 0.25) is 0 Å². The summed E-state index contributed by atoms with van der Waals surface area (Å²) in [5.41, 5.74) is 7.36. The number of rotatable bonds is 4. The monoisotopic (exact) mass is 233 g/mol. The van der Waals surface area contributed by atoms with E-state index < -0.39 is 0 Å². The number of nitrogens with two attached hydrogens (primary N) is 1. The van der Waals surface area contributed by atoms with E-state index in [0.717, 1.165) is 11.5 Å². The van der Waals surface area contributed by atoms with Crippen molar-refractivity contribution in [3.8, 4) is 5.75 Å². The van der Waals surface area contributed by atoms with Gasteiger partial charge in [0.05, 0.1) is 25.0 Å². The minimum atomic E-state index is 0.563. The number of anilines is 2. The highest BCUT2D eigenvalue weighted by molar-refractivity contribution is 5.72. The molecule has 90 valence electrons. The van der Waals surface area contributed by atoms with E-state index in [-0.39, 0.29) is 0 Å². The molecular weight excluding hydrogens is 218 g/mol. The van der Waals surface area contributed by atoms with Gasteiger partial charge in [-0.15, -0.1) is 10.2 Å². The molecule has 0 saturated heterocycles. The topological polar surface area (TPSA) is 78.0 Å². The first-order valence-corrected chi connectivity index (χ1v) is 5.21. The Morgan fingerprint density at radius 2 is 2.29 bits per heavy atom. The lowest BCUT2D eigenvalue weighted by molar-refractivity contribution is 0.417. The van der Waals surface area contributed by atoms with Crippen LogP contribution in [0.3, 0.4) is 0 Å². The first kappa shape index (κ1) is 11.3. The second-order valence-corrected chi connectivity index (χ2v) is 3.63. The molecule has 0 saturated carbocycles. The maximum absolute atomic E-state index is 5.94. The maximum Gasteiger partial charge on any atom is 0.151 e. The zero-order valence-corrected chi connectivity index (χ0v) is 9.84. The third-order valence-electron chi connectivity index (χ3n) is 2.53. The van der Waals surface area contributed by atoms with Crippen molar-refractivity contribution in [2.45, 2.75) is 6.54 Å². The van der Waals surface area contributed by atoms with Crippen molar-refractivity contribution >= 4 is 11.4 Å². The van der Waals surface area contributed by atoms with Crippen molar-refractivity contribution in [3.05, 3.63) is 30.4 Å². The van der Waals surface area contributed by atoms with Gasteiger partial charge >= 0.3 is 0 Å². The molecule has 0 aliphatic heterocycles. The van der Waals surface area contributed by atoms with E-state index >= 15 is 0 Å². The van der Waals surface area contributed by atoms with Crippen molar-refractivity contribution in [1.82, 2.24) is 14.8 Å². The van der Waals surface area contributed by atoms with Gasteiger partial charge in [-0.3, -0.25) is 0 Å². The predicted molar refractivity (Wildman–Crippen MR) is 65.7 cm³/mol. The predicted octanol–water partition coefficient (Wildman–Crippen LogP) is 1.02. The highest BCUT2D eigenvalue weighted by atomic mass is 16.5. The molecule has 0 spiro atoms. The SMILES string of the molecule is COc1cccc(NCc2nncn2C)c1N. The molecule has 2 rings (SSSR count). The normalized spacial score (nSPS) is 10.2. The van der Waals surface area contributed by atoms with Crippen LogP contribution in [0.5, 0.6) is 5.75 Å². The van der Waals surface area contributed by atoms with Crippen LogP contribution in [0.1, 0.15) is 5.82 Å². The van der Waals surface area contributed by atoms with E-state index in [0.29, 0.717) is 18.0 Å². The highest BCUT2D eigenvalue weighted by Gasteiger charge is 2.06. The van der Waals surface area contributed by atoms with Gasteiger partial charge in [-0.25, -0.2) is 0 Å². The largest absolute Gasteiger partial charge is 0.495 e. The van der Waals surface area contributed by atoms with Crippen molar-refractivity contribution in [2.24, 2.45) is 7.05 Å². The Balaban J connectivity index is 2.12. The van der Waals surface area contributed by atoms with Gasteiger partial charge in [-0.2, -0.15) is 0 Å². The zero-order chi connectivity index (χ0) is 12.3. The quantitative estimate of drug-likeness (QED) is 0.771. The second-order valence-electron chi connectivity index (χ2n) is 3.63. The molecule has 0 amide bonds. The fraction of sp³-hybridized carbons (Fsp3) is 0.273. The Labute approximate surface area is 99.4 Å². The van der Waals surface area contributed by atoms with E-state index in [1.54, 1.807) is 13.4 Å². The van der Waals surface area contributed by atoms with Crippen LogP contribution >= 0.6 is 0 Å². The van der Waals surface area contributed by atoms with Crippen LogP contribution in [0.15, 0.2) is 24.5 Å². The Morgan fingerprint density at radius 3 is 2.94 bits per heavy atom. The molecule has 17 heavy (non-hydrogen) atoms. The first-order valence-electron chi connectivity index (χ1n) is 5.21. The molecule has 3 N–H and O–H groups in total. The van der Waals surface area contributed by atoms with Crippen LogP contribution < -0.4 is 15.8 Å². The molecule has 0 fully saturated rings. The van der Waals surface area contributed by atoms with Crippen LogP contribution in [0, 0.1) is 0 Å². The number of nitrogens with one attached hydrogen (secondary N) is 1. The number of aromatic nitrogens is 3. The summed E-state index contributed by atoms with van der Waals surface area (Å²) in [4.78, 5) is 0. The summed E-state index contributed by atoms with van der Waals surface area (Å²) in [7, 11) is 3.49. The van der Waals surface area contributed by atoms with Crippen molar-refractivity contribution in [2.75, 3.05) is 18.2 Å². The minimum Gasteiger partial charge on any atom is -0.495 e. The fourth-order valence-electron chi connectivity index (χ4n) is 1.52. The lowest BCUT2D eigenvalue weighted by Crippen LogP contribution is -2.07. The average Bonchev–Trinajstić information content (AvgIpc) is 2.74. The molecule has 0 atom stereocenters. The summed E-state index contributed by atoms with van der Waals surface area (Å²) >= 11 is 0. The van der Waals surface area contributed by atoms with Crippen LogP contribution in [0.4, 0.5) is 11.4 Å². The summed E-state index contributed by atoms with van der Waals surface area (Å²) in [6.07, 6.45) is 1.66. The fourth-order valence-corrected chi connectivity index (χ4v) is 1.52. The molecule has 0 radical (unpaired) electrons. The molecule has 0 aliphatic carbocycles. The first-order chi connectivity index (χ1) is 8.22. The third-order valence-corrected chi connectivity index (χ3v) is 2.53. The molecule has 1 aromatic heterocycles. The third kappa shape index (κ3) is 2.30. The number of benzene rings is 1. The van der Waals surface area contributed by atoms with Crippen LogP contribution in [-0.4, -0.2) is 21.9 Å². The molecule has 1 heterocycles. The van der Waals surface area contributed by atoms with Gasteiger partial charge in [-0.05, 0) is 12.1 Å². The van der Waals surface area contributed by atoms with Gasteiger partial charge < -0.3 is 20.4 Å². The van der Waals surface area contributed by atoms with Gasteiger partial charge in [0.25, 0.3) is 0 Å². The van der Waals surface area contributed by atoms with E-state index in [2.05, 4.69) is 15.5 Å². The molecule has 6 heteroatoms. The summed E-state index contributed by atoms with van der Waals surface area (Å²) < 4.78 is 7.00. The zero-order valence-electron chi connectivity index (χ0n) is 9.84. The molecule has 0 unspecified atom stereocenters.